The second kappa shape index (κ2) is 13.2. The van der Waals surface area contributed by atoms with Gasteiger partial charge in [0, 0.05) is 49.4 Å². The Balaban J connectivity index is 1.06. The van der Waals surface area contributed by atoms with Crippen LogP contribution in [0.1, 0.15) is 16.7 Å². The minimum absolute atomic E-state index is 1.16. The quantitative estimate of drug-likeness (QED) is 0.166. The largest absolute Gasteiger partial charge is 0.309 e. The molecule has 0 aliphatic carbocycles. The fourth-order valence-electron chi connectivity index (χ4n) is 9.70. The van der Waals surface area contributed by atoms with Crippen LogP contribution in [0.5, 0.6) is 0 Å². The van der Waals surface area contributed by atoms with E-state index >= 15 is 0 Å². The van der Waals surface area contributed by atoms with Crippen LogP contribution in [-0.4, -0.2) is 13.7 Å². The lowest BCUT2D eigenvalue weighted by molar-refractivity contribution is 1.17. The van der Waals surface area contributed by atoms with Crippen LogP contribution in [0.15, 0.2) is 194 Å². The van der Waals surface area contributed by atoms with E-state index in [1.165, 1.54) is 116 Å². The maximum atomic E-state index is 2.43. The lowest BCUT2D eigenvalue weighted by Crippen LogP contribution is -1.94. The Morgan fingerprint density at radius 3 is 0.833 bits per heavy atom. The highest BCUT2D eigenvalue weighted by atomic mass is 15.0. The van der Waals surface area contributed by atoms with Crippen molar-refractivity contribution in [1.82, 2.24) is 13.7 Å². The van der Waals surface area contributed by atoms with E-state index in [1.54, 1.807) is 0 Å². The van der Waals surface area contributed by atoms with E-state index in [4.69, 9.17) is 0 Å². The molecule has 9 aromatic carbocycles. The summed E-state index contributed by atoms with van der Waals surface area (Å²) in [4.78, 5) is 0. The van der Waals surface area contributed by atoms with Crippen molar-refractivity contribution < 1.29 is 0 Å². The van der Waals surface area contributed by atoms with E-state index < -0.39 is 0 Å². The fraction of sp³-hybridized carbons (Fsp3) is 0.0526. The summed E-state index contributed by atoms with van der Waals surface area (Å²) in [6.07, 6.45) is 0. The molecule has 0 spiro atoms. The molecule has 60 heavy (non-hydrogen) atoms. The first-order valence-corrected chi connectivity index (χ1v) is 20.8. The zero-order valence-corrected chi connectivity index (χ0v) is 33.8. The van der Waals surface area contributed by atoms with Crippen molar-refractivity contribution in [2.75, 3.05) is 0 Å². The number of hydrogen-bond donors (Lipinski definition) is 0. The molecule has 3 heteroatoms. The van der Waals surface area contributed by atoms with Gasteiger partial charge < -0.3 is 13.7 Å². The molecule has 0 saturated heterocycles. The van der Waals surface area contributed by atoms with Gasteiger partial charge in [0.25, 0.3) is 0 Å². The maximum Gasteiger partial charge on any atom is 0.0541 e. The van der Waals surface area contributed by atoms with Gasteiger partial charge in [-0.2, -0.15) is 0 Å². The number of hydrogen-bond acceptors (Lipinski definition) is 0. The van der Waals surface area contributed by atoms with E-state index in [9.17, 15) is 0 Å². The van der Waals surface area contributed by atoms with E-state index in [1.807, 2.05) is 0 Å². The SMILES string of the molecule is Cc1ccc(-n2c3ccc(-c4ccc5c(c4)c4cc(C)ccc4n5-c4ccccc4)cc3c3cc(-c4ccc5c(c4)c4cc(C)ccc4n5-c4ccccc4)ccc32)cc1. The Kier molecular flexibility index (Phi) is 7.58. The average molecular weight is 768 g/mol. The Bertz CT molecular complexity index is 3430. The second-order valence-corrected chi connectivity index (χ2v) is 16.5. The van der Waals surface area contributed by atoms with Crippen LogP contribution < -0.4 is 0 Å². The molecule has 0 amide bonds. The number of rotatable bonds is 5. The molecule has 3 nitrogen and oxygen atoms in total. The summed E-state index contributed by atoms with van der Waals surface area (Å²) >= 11 is 0. The predicted molar refractivity (Wildman–Crippen MR) is 255 cm³/mol. The number of nitrogens with zero attached hydrogens (tertiary/aromatic N) is 3. The molecule has 12 rings (SSSR count). The Morgan fingerprint density at radius 2 is 0.500 bits per heavy atom. The molecule has 0 bridgehead atoms. The van der Waals surface area contributed by atoms with Gasteiger partial charge in [0.1, 0.15) is 0 Å². The van der Waals surface area contributed by atoms with Gasteiger partial charge in [-0.3, -0.25) is 0 Å². The molecule has 0 aliphatic heterocycles. The summed E-state index contributed by atoms with van der Waals surface area (Å²) in [5.41, 5.74) is 19.4. The van der Waals surface area contributed by atoms with Crippen molar-refractivity contribution >= 4 is 65.4 Å². The van der Waals surface area contributed by atoms with Crippen molar-refractivity contribution in [3.05, 3.63) is 211 Å². The molecule has 0 radical (unpaired) electrons. The Morgan fingerprint density at radius 1 is 0.233 bits per heavy atom. The molecule has 3 heterocycles. The third-order valence-electron chi connectivity index (χ3n) is 12.6. The number of aryl methyl sites for hydroxylation is 3. The van der Waals surface area contributed by atoms with Crippen molar-refractivity contribution in [1.29, 1.82) is 0 Å². The van der Waals surface area contributed by atoms with Crippen LogP contribution in [-0.2, 0) is 0 Å². The highest BCUT2D eigenvalue weighted by Gasteiger charge is 2.19. The zero-order valence-electron chi connectivity index (χ0n) is 33.8. The number of aromatic nitrogens is 3. The average Bonchev–Trinajstić information content (AvgIpc) is 3.91. The molecule has 0 saturated carbocycles. The molecule has 12 aromatic rings. The standard InChI is InChI=1S/C57H41N3/c1-36-14-22-45(23-15-36)60-56-28-20-41(39-18-26-54-48(32-39)46-30-37(2)16-24-52(46)58(54)43-10-6-4-7-11-43)34-50(56)51-35-42(21-29-57(51)60)40-19-27-55-49(33-40)47-31-38(3)17-25-53(47)59(55)44-12-8-5-9-13-44/h4-35H,1-3H3. The first-order chi connectivity index (χ1) is 29.5. The van der Waals surface area contributed by atoms with Crippen LogP contribution >= 0.6 is 0 Å². The maximum absolute atomic E-state index is 2.43. The summed E-state index contributed by atoms with van der Waals surface area (Å²) in [7, 11) is 0. The summed E-state index contributed by atoms with van der Waals surface area (Å²) in [6.45, 7) is 6.52. The van der Waals surface area contributed by atoms with Gasteiger partial charge in [-0.1, -0.05) is 102 Å². The molecule has 3 aromatic heterocycles. The number of fused-ring (bicyclic) bond motifs is 9. The first-order valence-electron chi connectivity index (χ1n) is 20.8. The van der Waals surface area contributed by atoms with E-state index in [0.29, 0.717) is 0 Å². The summed E-state index contributed by atoms with van der Waals surface area (Å²) in [5, 5.41) is 7.56. The smallest absolute Gasteiger partial charge is 0.0541 e. The van der Waals surface area contributed by atoms with Gasteiger partial charge >= 0.3 is 0 Å². The molecular weight excluding hydrogens is 727 g/mol. The van der Waals surface area contributed by atoms with Gasteiger partial charge in [0.2, 0.25) is 0 Å². The van der Waals surface area contributed by atoms with Crippen LogP contribution in [0.2, 0.25) is 0 Å². The molecular formula is C57H41N3. The highest BCUT2D eigenvalue weighted by molar-refractivity contribution is 6.14. The lowest BCUT2D eigenvalue weighted by Gasteiger charge is -2.10. The summed E-state index contributed by atoms with van der Waals surface area (Å²) in [6, 6.07) is 72.0. The van der Waals surface area contributed by atoms with Gasteiger partial charge in [-0.15, -0.1) is 0 Å². The summed E-state index contributed by atoms with van der Waals surface area (Å²) in [5.74, 6) is 0. The van der Waals surface area contributed by atoms with Crippen molar-refractivity contribution in [2.45, 2.75) is 20.8 Å². The van der Waals surface area contributed by atoms with E-state index in [-0.39, 0.29) is 0 Å². The van der Waals surface area contributed by atoms with Gasteiger partial charge in [0.15, 0.2) is 0 Å². The predicted octanol–water partition coefficient (Wildman–Crippen LogP) is 15.2. The van der Waals surface area contributed by atoms with Crippen LogP contribution in [0.3, 0.4) is 0 Å². The van der Waals surface area contributed by atoms with Crippen LogP contribution in [0.4, 0.5) is 0 Å². The lowest BCUT2D eigenvalue weighted by atomic mass is 9.98. The topological polar surface area (TPSA) is 14.8 Å². The minimum Gasteiger partial charge on any atom is -0.309 e. The van der Waals surface area contributed by atoms with Crippen molar-refractivity contribution in [3.8, 4) is 39.3 Å². The van der Waals surface area contributed by atoms with Crippen molar-refractivity contribution in [2.24, 2.45) is 0 Å². The Hall–Kier alpha value is -7.62. The Labute approximate surface area is 348 Å². The number of para-hydroxylation sites is 2. The number of benzene rings is 9. The van der Waals surface area contributed by atoms with E-state index in [2.05, 4.69) is 229 Å². The van der Waals surface area contributed by atoms with Crippen LogP contribution in [0, 0.1) is 20.8 Å². The molecule has 0 unspecified atom stereocenters. The molecule has 0 aliphatic rings. The molecule has 0 atom stereocenters. The highest BCUT2D eigenvalue weighted by Crippen LogP contribution is 2.41. The second-order valence-electron chi connectivity index (χ2n) is 16.5. The molecule has 284 valence electrons. The molecule has 0 fully saturated rings. The van der Waals surface area contributed by atoms with Gasteiger partial charge in [-0.25, -0.2) is 0 Å². The monoisotopic (exact) mass is 767 g/mol. The van der Waals surface area contributed by atoms with Gasteiger partial charge in [0.05, 0.1) is 33.1 Å². The third kappa shape index (κ3) is 5.29. The third-order valence-corrected chi connectivity index (χ3v) is 12.6. The minimum atomic E-state index is 1.16. The van der Waals surface area contributed by atoms with E-state index in [0.717, 1.165) is 5.69 Å². The first kappa shape index (κ1) is 34.4. The van der Waals surface area contributed by atoms with Gasteiger partial charge in [-0.05, 0) is 152 Å². The zero-order chi connectivity index (χ0) is 40.1. The van der Waals surface area contributed by atoms with Crippen LogP contribution in [0.25, 0.3) is 105 Å². The fourth-order valence-corrected chi connectivity index (χ4v) is 9.70. The molecule has 0 N–H and O–H groups in total. The van der Waals surface area contributed by atoms with Crippen molar-refractivity contribution in [3.63, 3.8) is 0 Å². The summed E-state index contributed by atoms with van der Waals surface area (Å²) < 4.78 is 7.22. The normalized spacial score (nSPS) is 11.9.